The fraction of sp³-hybridized carbons (Fsp3) is 0.923. The fourth-order valence-corrected chi connectivity index (χ4v) is 1.40. The number of hydrogen-bond donors (Lipinski definition) is 0. The smallest absolute Gasteiger partial charge is 0.141 e. The van der Waals surface area contributed by atoms with E-state index in [4.69, 9.17) is 0 Å². The highest BCUT2D eigenvalue weighted by Gasteiger charge is 2.24. The number of carbonyl (C=O) groups excluding carboxylic acids is 1. The first-order chi connectivity index (χ1) is 6.88. The van der Waals surface area contributed by atoms with E-state index >= 15 is 0 Å². The Kier molecular flexibility index (Phi) is 6.78. The van der Waals surface area contributed by atoms with Gasteiger partial charge in [-0.1, -0.05) is 53.4 Å². The van der Waals surface area contributed by atoms with Gasteiger partial charge in [0.25, 0.3) is 0 Å². The molecule has 0 radical (unpaired) electrons. The molecule has 0 rings (SSSR count). The molecule has 0 aromatic rings. The van der Waals surface area contributed by atoms with E-state index in [1.165, 1.54) is 6.42 Å². The summed E-state index contributed by atoms with van der Waals surface area (Å²) in [5.74, 6) is 0.0329. The highest BCUT2D eigenvalue weighted by atomic mass is 19.1. The zero-order chi connectivity index (χ0) is 11.9. The van der Waals surface area contributed by atoms with Crippen molar-refractivity contribution in [1.82, 2.24) is 0 Å². The van der Waals surface area contributed by atoms with Gasteiger partial charge < -0.3 is 0 Å². The Bertz CT molecular complexity index is 181. The van der Waals surface area contributed by atoms with Crippen LogP contribution in [0, 0.1) is 5.41 Å². The van der Waals surface area contributed by atoms with Gasteiger partial charge >= 0.3 is 0 Å². The molecule has 2 heteroatoms. The van der Waals surface area contributed by atoms with Gasteiger partial charge in [-0.3, -0.25) is 4.79 Å². The van der Waals surface area contributed by atoms with Gasteiger partial charge in [0.2, 0.25) is 0 Å². The van der Waals surface area contributed by atoms with Crippen molar-refractivity contribution in [1.29, 1.82) is 0 Å². The van der Waals surface area contributed by atoms with Crippen LogP contribution in [0.3, 0.4) is 0 Å². The van der Waals surface area contributed by atoms with Gasteiger partial charge in [0.05, 0.1) is 0 Å². The monoisotopic (exact) mass is 216 g/mol. The molecule has 0 bridgehead atoms. The van der Waals surface area contributed by atoms with Gasteiger partial charge in [0.1, 0.15) is 12.0 Å². The number of ketones is 1. The first-order valence-corrected chi connectivity index (χ1v) is 6.05. The van der Waals surface area contributed by atoms with Crippen molar-refractivity contribution in [2.24, 2.45) is 5.41 Å². The summed E-state index contributed by atoms with van der Waals surface area (Å²) in [6.07, 6.45) is 4.02. The van der Waals surface area contributed by atoms with Crippen LogP contribution in [0.2, 0.25) is 0 Å². The summed E-state index contributed by atoms with van der Waals surface area (Å²) < 4.78 is 13.4. The molecule has 0 spiro atoms. The first-order valence-electron chi connectivity index (χ1n) is 6.05. The van der Waals surface area contributed by atoms with Crippen molar-refractivity contribution >= 4 is 5.78 Å². The van der Waals surface area contributed by atoms with Crippen LogP contribution in [0.25, 0.3) is 0 Å². The Labute approximate surface area is 93.4 Å². The molecule has 0 saturated carbocycles. The minimum atomic E-state index is -0.936. The van der Waals surface area contributed by atoms with Gasteiger partial charge in [-0.15, -0.1) is 0 Å². The molecule has 0 aliphatic rings. The second kappa shape index (κ2) is 6.97. The van der Waals surface area contributed by atoms with Crippen LogP contribution in [0.1, 0.15) is 66.2 Å². The first kappa shape index (κ1) is 14.6. The number of halogens is 1. The van der Waals surface area contributed by atoms with Crippen LogP contribution in [-0.4, -0.2) is 12.0 Å². The molecule has 0 amide bonds. The van der Waals surface area contributed by atoms with Crippen molar-refractivity contribution in [3.8, 4) is 0 Å². The maximum absolute atomic E-state index is 13.4. The van der Waals surface area contributed by atoms with Gasteiger partial charge in [-0.2, -0.15) is 0 Å². The van der Waals surface area contributed by atoms with Crippen LogP contribution >= 0.6 is 0 Å². The number of hydrogen-bond acceptors (Lipinski definition) is 1. The third-order valence-electron chi connectivity index (χ3n) is 2.61. The lowest BCUT2D eigenvalue weighted by Gasteiger charge is -2.18. The maximum Gasteiger partial charge on any atom is 0.141 e. The third kappa shape index (κ3) is 7.52. The largest absolute Gasteiger partial charge is 0.299 e. The van der Waals surface area contributed by atoms with Crippen LogP contribution in [0.5, 0.6) is 0 Å². The number of Topliss-reactive ketones (excluding diaryl/α,β-unsaturated/α-hetero) is 1. The summed E-state index contributed by atoms with van der Waals surface area (Å²) in [5, 5.41) is 0. The number of unbranched alkanes of at least 4 members (excludes halogenated alkanes) is 3. The Balaban J connectivity index is 3.65. The molecule has 1 atom stereocenters. The highest BCUT2D eigenvalue weighted by molar-refractivity contribution is 5.83. The van der Waals surface area contributed by atoms with E-state index in [0.717, 1.165) is 19.3 Å². The van der Waals surface area contributed by atoms with E-state index in [1.807, 2.05) is 20.8 Å². The summed E-state index contributed by atoms with van der Waals surface area (Å²) in [6, 6.07) is 0. The Morgan fingerprint density at radius 2 is 1.80 bits per heavy atom. The predicted molar refractivity (Wildman–Crippen MR) is 62.7 cm³/mol. The van der Waals surface area contributed by atoms with E-state index in [2.05, 4.69) is 6.92 Å². The lowest BCUT2D eigenvalue weighted by atomic mass is 9.87. The maximum atomic E-state index is 13.4. The minimum Gasteiger partial charge on any atom is -0.299 e. The topological polar surface area (TPSA) is 17.1 Å². The van der Waals surface area contributed by atoms with E-state index in [1.54, 1.807) is 0 Å². The fourth-order valence-electron chi connectivity index (χ4n) is 1.40. The molecule has 0 N–H and O–H groups in total. The molecule has 0 aromatic heterocycles. The summed E-state index contributed by atoms with van der Waals surface area (Å²) in [4.78, 5) is 11.5. The lowest BCUT2D eigenvalue weighted by molar-refractivity contribution is -0.127. The molecule has 0 fully saturated rings. The Morgan fingerprint density at radius 3 is 2.27 bits per heavy atom. The molecule has 1 unspecified atom stereocenters. The van der Waals surface area contributed by atoms with E-state index in [0.29, 0.717) is 6.42 Å². The molecule has 1 nitrogen and oxygen atoms in total. The average molecular weight is 216 g/mol. The van der Waals surface area contributed by atoms with Crippen LogP contribution in [0.15, 0.2) is 0 Å². The summed E-state index contributed by atoms with van der Waals surface area (Å²) >= 11 is 0. The van der Waals surface area contributed by atoms with Crippen molar-refractivity contribution in [2.75, 3.05) is 0 Å². The summed E-state index contributed by atoms with van der Waals surface area (Å²) in [6.45, 7) is 7.67. The summed E-state index contributed by atoms with van der Waals surface area (Å²) in [7, 11) is 0. The van der Waals surface area contributed by atoms with Crippen LogP contribution in [-0.2, 0) is 4.79 Å². The second-order valence-corrected chi connectivity index (χ2v) is 5.32. The average Bonchev–Trinajstić information content (AvgIpc) is 2.11. The van der Waals surface area contributed by atoms with Gasteiger partial charge in [0, 0.05) is 11.8 Å². The van der Waals surface area contributed by atoms with Crippen molar-refractivity contribution in [3.63, 3.8) is 0 Å². The second-order valence-electron chi connectivity index (χ2n) is 5.32. The van der Waals surface area contributed by atoms with Gasteiger partial charge in [-0.05, 0) is 6.42 Å². The zero-order valence-corrected chi connectivity index (χ0v) is 10.6. The molecule has 0 aliphatic heterocycles. The quantitative estimate of drug-likeness (QED) is 0.580. The van der Waals surface area contributed by atoms with Crippen molar-refractivity contribution in [3.05, 3.63) is 0 Å². The molecule has 0 aromatic carbocycles. The lowest BCUT2D eigenvalue weighted by Crippen LogP contribution is -2.23. The standard InChI is InChI=1S/C13H25FO/c1-5-6-7-8-9-11(14)10-12(15)13(2,3)4/h11H,5-10H2,1-4H3. The predicted octanol–water partition coefficient (Wildman–Crippen LogP) is 4.30. The third-order valence-corrected chi connectivity index (χ3v) is 2.61. The normalized spacial score (nSPS) is 13.9. The van der Waals surface area contributed by atoms with Crippen LogP contribution < -0.4 is 0 Å². The Hall–Kier alpha value is -0.400. The number of rotatable bonds is 7. The van der Waals surface area contributed by atoms with Gasteiger partial charge in [0.15, 0.2) is 0 Å². The SMILES string of the molecule is CCCCCCC(F)CC(=O)C(C)(C)C. The molecule has 15 heavy (non-hydrogen) atoms. The van der Waals surface area contributed by atoms with E-state index < -0.39 is 11.6 Å². The van der Waals surface area contributed by atoms with E-state index in [9.17, 15) is 9.18 Å². The van der Waals surface area contributed by atoms with Crippen molar-refractivity contribution in [2.45, 2.75) is 72.4 Å². The highest BCUT2D eigenvalue weighted by Crippen LogP contribution is 2.20. The number of alkyl halides is 1. The molecule has 0 saturated heterocycles. The molecular weight excluding hydrogens is 191 g/mol. The summed E-state index contributed by atoms with van der Waals surface area (Å²) in [5.41, 5.74) is -0.395. The zero-order valence-electron chi connectivity index (χ0n) is 10.6. The molecule has 0 aliphatic carbocycles. The van der Waals surface area contributed by atoms with Crippen molar-refractivity contribution < 1.29 is 9.18 Å². The molecular formula is C13H25FO. The minimum absolute atomic E-state index is 0.0329. The molecule has 0 heterocycles. The Morgan fingerprint density at radius 1 is 1.20 bits per heavy atom. The van der Waals surface area contributed by atoms with Crippen LogP contribution in [0.4, 0.5) is 4.39 Å². The molecule has 90 valence electrons. The van der Waals surface area contributed by atoms with Gasteiger partial charge in [-0.25, -0.2) is 4.39 Å². The van der Waals surface area contributed by atoms with E-state index in [-0.39, 0.29) is 12.2 Å². The number of carbonyl (C=O) groups is 1.